The Balaban J connectivity index is 2.21. The topological polar surface area (TPSA) is 93.4 Å². The predicted molar refractivity (Wildman–Crippen MR) is 91.8 cm³/mol. The first-order chi connectivity index (χ1) is 11.6. The maximum atomic E-state index is 12.2. The monoisotopic (exact) mass is 325 g/mol. The molecule has 124 valence electrons. The number of ether oxygens (including phenoxy) is 1. The Labute approximate surface area is 140 Å². The summed E-state index contributed by atoms with van der Waals surface area (Å²) in [7, 11) is 0. The molecule has 0 saturated heterocycles. The summed E-state index contributed by atoms with van der Waals surface area (Å²) in [6.07, 6.45) is 1.54. The molecule has 6 heteroatoms. The first-order valence-electron chi connectivity index (χ1n) is 7.46. The van der Waals surface area contributed by atoms with Gasteiger partial charge in [0, 0.05) is 5.56 Å². The Kier molecular flexibility index (Phi) is 6.10. The summed E-state index contributed by atoms with van der Waals surface area (Å²) in [5.74, 6) is 4.94. The normalized spacial score (nSPS) is 10.8. The third-order valence-electron chi connectivity index (χ3n) is 3.16. The third-order valence-corrected chi connectivity index (χ3v) is 3.16. The van der Waals surface area contributed by atoms with Crippen LogP contribution in [0.3, 0.4) is 0 Å². The fourth-order valence-corrected chi connectivity index (χ4v) is 2.01. The summed E-state index contributed by atoms with van der Waals surface area (Å²) in [6.45, 7) is 2.47. The average Bonchev–Trinajstić information content (AvgIpc) is 2.63. The highest BCUT2D eigenvalue weighted by atomic mass is 16.5. The van der Waals surface area contributed by atoms with Crippen LogP contribution in [-0.4, -0.2) is 18.4 Å². The number of rotatable bonds is 6. The highest BCUT2D eigenvalue weighted by Crippen LogP contribution is 2.14. The lowest BCUT2D eigenvalue weighted by Crippen LogP contribution is -2.38. The highest BCUT2D eigenvalue weighted by Gasteiger charge is 2.13. The summed E-state index contributed by atoms with van der Waals surface area (Å²) in [5.41, 5.74) is 3.25. The van der Waals surface area contributed by atoms with Crippen LogP contribution in [0, 0.1) is 0 Å². The fourth-order valence-electron chi connectivity index (χ4n) is 2.01. The maximum Gasteiger partial charge on any atom is 0.281 e. The predicted octanol–water partition coefficient (Wildman–Crippen LogP) is 1.85. The van der Waals surface area contributed by atoms with Crippen LogP contribution in [-0.2, 0) is 4.79 Å². The molecule has 24 heavy (non-hydrogen) atoms. The van der Waals surface area contributed by atoms with Crippen molar-refractivity contribution in [1.29, 1.82) is 0 Å². The second-order valence-corrected chi connectivity index (χ2v) is 4.85. The zero-order valence-corrected chi connectivity index (χ0v) is 13.3. The van der Waals surface area contributed by atoms with E-state index in [9.17, 15) is 9.59 Å². The molecule has 2 rings (SSSR count). The minimum absolute atomic E-state index is 0.0514. The molecule has 0 radical (unpaired) electrons. The smallest absolute Gasteiger partial charge is 0.281 e. The van der Waals surface area contributed by atoms with E-state index in [2.05, 4.69) is 5.32 Å². The van der Waals surface area contributed by atoms with Crippen molar-refractivity contribution in [2.45, 2.75) is 6.92 Å². The number of hydrogen-bond acceptors (Lipinski definition) is 4. The Morgan fingerprint density at radius 2 is 1.75 bits per heavy atom. The molecule has 2 aromatic carbocycles. The number of carbonyl (C=O) groups is 2. The van der Waals surface area contributed by atoms with E-state index in [4.69, 9.17) is 10.6 Å². The van der Waals surface area contributed by atoms with Gasteiger partial charge in [0.15, 0.2) is 0 Å². The van der Waals surface area contributed by atoms with Crippen molar-refractivity contribution in [1.82, 2.24) is 10.7 Å². The van der Waals surface area contributed by atoms with Crippen molar-refractivity contribution in [2.24, 2.45) is 5.84 Å². The number of benzene rings is 2. The van der Waals surface area contributed by atoms with Crippen LogP contribution in [0.15, 0.2) is 60.3 Å². The molecule has 0 fully saturated rings. The van der Waals surface area contributed by atoms with Gasteiger partial charge in [-0.15, -0.1) is 0 Å². The summed E-state index contributed by atoms with van der Waals surface area (Å²) < 4.78 is 5.37. The molecular formula is C18H19N3O3. The van der Waals surface area contributed by atoms with Crippen molar-refractivity contribution in [3.63, 3.8) is 0 Å². The lowest BCUT2D eigenvalue weighted by molar-refractivity contribution is -0.117. The fraction of sp³-hybridized carbons (Fsp3) is 0.111. The molecule has 6 nitrogen and oxygen atoms in total. The molecule has 4 N–H and O–H groups in total. The number of amides is 2. The largest absolute Gasteiger partial charge is 0.494 e. The van der Waals surface area contributed by atoms with Gasteiger partial charge in [0.2, 0.25) is 0 Å². The molecule has 0 atom stereocenters. The van der Waals surface area contributed by atoms with Gasteiger partial charge in [0.1, 0.15) is 11.4 Å². The Morgan fingerprint density at radius 3 is 2.33 bits per heavy atom. The molecule has 0 saturated carbocycles. The number of nitrogens with one attached hydrogen (secondary N) is 2. The summed E-state index contributed by atoms with van der Waals surface area (Å²) in [4.78, 5) is 24.1. The van der Waals surface area contributed by atoms with Crippen LogP contribution in [0.2, 0.25) is 0 Å². The zero-order chi connectivity index (χ0) is 17.4. The molecule has 0 heterocycles. The van der Waals surface area contributed by atoms with E-state index in [-0.39, 0.29) is 5.70 Å². The van der Waals surface area contributed by atoms with Gasteiger partial charge in [-0.05, 0) is 42.8 Å². The summed E-state index contributed by atoms with van der Waals surface area (Å²) in [6, 6.07) is 15.7. The number of nitrogens with two attached hydrogens (primary N) is 1. The Hall–Kier alpha value is -3.12. The molecule has 0 bridgehead atoms. The van der Waals surface area contributed by atoms with Gasteiger partial charge >= 0.3 is 0 Å². The van der Waals surface area contributed by atoms with Crippen molar-refractivity contribution < 1.29 is 14.3 Å². The van der Waals surface area contributed by atoms with E-state index in [0.29, 0.717) is 12.2 Å². The van der Waals surface area contributed by atoms with Crippen LogP contribution >= 0.6 is 0 Å². The third kappa shape index (κ3) is 4.69. The zero-order valence-electron chi connectivity index (χ0n) is 13.3. The SMILES string of the molecule is CCOc1ccc(/C=C(\NC(=O)c2ccccc2)C(=O)NN)cc1. The van der Waals surface area contributed by atoms with Crippen LogP contribution < -0.4 is 21.3 Å². The summed E-state index contributed by atoms with van der Waals surface area (Å²) in [5, 5.41) is 2.57. The van der Waals surface area contributed by atoms with Crippen molar-refractivity contribution in [3.8, 4) is 5.75 Å². The van der Waals surface area contributed by atoms with Crippen LogP contribution in [0.1, 0.15) is 22.8 Å². The average molecular weight is 325 g/mol. The van der Waals surface area contributed by atoms with Gasteiger partial charge in [0.25, 0.3) is 11.8 Å². The first-order valence-corrected chi connectivity index (χ1v) is 7.46. The minimum atomic E-state index is -0.590. The minimum Gasteiger partial charge on any atom is -0.494 e. The van der Waals surface area contributed by atoms with Gasteiger partial charge in [-0.25, -0.2) is 5.84 Å². The second kappa shape index (κ2) is 8.50. The summed E-state index contributed by atoms with van der Waals surface area (Å²) >= 11 is 0. The number of hydrazine groups is 1. The molecule has 0 unspecified atom stereocenters. The van der Waals surface area contributed by atoms with Gasteiger partial charge < -0.3 is 10.1 Å². The molecule has 0 spiro atoms. The van der Waals surface area contributed by atoms with E-state index in [0.717, 1.165) is 11.3 Å². The highest BCUT2D eigenvalue weighted by molar-refractivity contribution is 6.05. The van der Waals surface area contributed by atoms with Crippen LogP contribution in [0.25, 0.3) is 6.08 Å². The van der Waals surface area contributed by atoms with Crippen molar-refractivity contribution >= 4 is 17.9 Å². The maximum absolute atomic E-state index is 12.2. The number of hydrogen-bond donors (Lipinski definition) is 3. The molecular weight excluding hydrogens is 306 g/mol. The van der Waals surface area contributed by atoms with Crippen molar-refractivity contribution in [3.05, 3.63) is 71.4 Å². The molecule has 0 aliphatic rings. The Bertz CT molecular complexity index is 725. The molecule has 0 aliphatic carbocycles. The van der Waals surface area contributed by atoms with Gasteiger partial charge in [0.05, 0.1) is 6.61 Å². The molecule has 2 aromatic rings. The standard InChI is InChI=1S/C18H19N3O3/c1-2-24-15-10-8-13(9-11-15)12-16(18(23)21-19)20-17(22)14-6-4-3-5-7-14/h3-12H,2,19H2,1H3,(H,20,22)(H,21,23)/b16-12-. The van der Waals surface area contributed by atoms with Crippen LogP contribution in [0.4, 0.5) is 0 Å². The second-order valence-electron chi connectivity index (χ2n) is 4.85. The molecule has 0 aliphatic heterocycles. The lowest BCUT2D eigenvalue weighted by atomic mass is 10.1. The van der Waals surface area contributed by atoms with E-state index in [1.807, 2.05) is 12.3 Å². The van der Waals surface area contributed by atoms with Gasteiger partial charge in [-0.2, -0.15) is 0 Å². The van der Waals surface area contributed by atoms with E-state index in [1.54, 1.807) is 60.7 Å². The van der Waals surface area contributed by atoms with Gasteiger partial charge in [-0.1, -0.05) is 30.3 Å². The molecule has 2 amide bonds. The van der Waals surface area contributed by atoms with Gasteiger partial charge in [-0.3, -0.25) is 15.0 Å². The van der Waals surface area contributed by atoms with Crippen molar-refractivity contribution in [2.75, 3.05) is 6.61 Å². The quantitative estimate of drug-likeness (QED) is 0.327. The Morgan fingerprint density at radius 1 is 1.08 bits per heavy atom. The molecule has 0 aromatic heterocycles. The van der Waals surface area contributed by atoms with E-state index >= 15 is 0 Å². The number of carbonyl (C=O) groups excluding carboxylic acids is 2. The first kappa shape index (κ1) is 17.2. The van der Waals surface area contributed by atoms with Crippen LogP contribution in [0.5, 0.6) is 5.75 Å². The lowest BCUT2D eigenvalue weighted by Gasteiger charge is -2.09. The van der Waals surface area contributed by atoms with E-state index < -0.39 is 11.8 Å². The van der Waals surface area contributed by atoms with E-state index in [1.165, 1.54) is 0 Å².